The Kier molecular flexibility index (Phi) is 7.02. The maximum Gasteiger partial charge on any atom is 0.518 e. The molecule has 1 saturated heterocycles. The van der Waals surface area contributed by atoms with Crippen LogP contribution in [0.3, 0.4) is 0 Å². The quantitative estimate of drug-likeness (QED) is 0.449. The molecule has 3 aromatic rings. The van der Waals surface area contributed by atoms with Crippen LogP contribution in [0.15, 0.2) is 54.2 Å². The van der Waals surface area contributed by atoms with Crippen LogP contribution in [0.1, 0.15) is 64.4 Å². The first kappa shape index (κ1) is 28.2. The van der Waals surface area contributed by atoms with Gasteiger partial charge >= 0.3 is 5.82 Å². The largest absolute Gasteiger partial charge is 0.518 e. The topological polar surface area (TPSA) is 155 Å². The smallest absolute Gasteiger partial charge is 0.482 e. The molecule has 3 aliphatic rings. The fourth-order valence-corrected chi connectivity index (χ4v) is 5.72. The van der Waals surface area contributed by atoms with Crippen molar-refractivity contribution < 1.29 is 41.5 Å². The monoisotopic (exact) mass is 600 g/mol. The van der Waals surface area contributed by atoms with Gasteiger partial charge in [0.05, 0.1) is 19.6 Å². The maximum absolute atomic E-state index is 14.2. The lowest BCUT2D eigenvalue weighted by Gasteiger charge is -2.42. The third-order valence-corrected chi connectivity index (χ3v) is 8.06. The van der Waals surface area contributed by atoms with Gasteiger partial charge in [0, 0.05) is 37.0 Å². The van der Waals surface area contributed by atoms with Crippen LogP contribution < -0.4 is 21.3 Å². The highest BCUT2D eigenvalue weighted by Gasteiger charge is 2.54. The van der Waals surface area contributed by atoms with Crippen molar-refractivity contribution >= 4 is 17.7 Å². The van der Waals surface area contributed by atoms with Gasteiger partial charge in [-0.25, -0.2) is 13.6 Å². The Balaban J connectivity index is 1.45. The van der Waals surface area contributed by atoms with E-state index in [1.165, 1.54) is 23.9 Å². The van der Waals surface area contributed by atoms with Crippen LogP contribution in [0, 0.1) is 11.6 Å². The summed E-state index contributed by atoms with van der Waals surface area (Å²) >= 11 is 0. The van der Waals surface area contributed by atoms with Crippen molar-refractivity contribution in [2.45, 2.75) is 57.0 Å². The molecular formula is C28H26F2N4O9. The van der Waals surface area contributed by atoms with Gasteiger partial charge in [0.2, 0.25) is 11.3 Å². The number of pyridine rings is 1. The fourth-order valence-electron chi connectivity index (χ4n) is 5.72. The van der Waals surface area contributed by atoms with E-state index in [-0.39, 0.29) is 42.6 Å². The van der Waals surface area contributed by atoms with Crippen LogP contribution in [0.2, 0.25) is 0 Å². The Morgan fingerprint density at radius 1 is 1.26 bits per heavy atom. The van der Waals surface area contributed by atoms with Gasteiger partial charge in [-0.15, -0.1) is 0 Å². The number of rotatable bonds is 6. The van der Waals surface area contributed by atoms with Gasteiger partial charge < -0.3 is 37.9 Å². The van der Waals surface area contributed by atoms with Gasteiger partial charge in [-0.05, 0) is 25.8 Å². The second-order valence-corrected chi connectivity index (χ2v) is 10.6. The SMILES string of the molecule is COC1=NO[C@@]2(CC[C@H](C)N3C[C@H]2n2cc(C(=O)NCc4ccc(F)cc4F)c(=O)c(OCc4coc(=O)o4)c2C3=O)C1. The number of hydrogen-bond donors (Lipinski definition) is 1. The van der Waals surface area contributed by atoms with Gasteiger partial charge in [-0.2, -0.15) is 0 Å². The summed E-state index contributed by atoms with van der Waals surface area (Å²) in [6, 6.07) is 2.03. The molecule has 3 atom stereocenters. The lowest BCUT2D eigenvalue weighted by Crippen LogP contribution is -2.52. The van der Waals surface area contributed by atoms with E-state index < -0.39 is 64.3 Å². The third-order valence-electron chi connectivity index (χ3n) is 8.06. The molecule has 43 heavy (non-hydrogen) atoms. The molecule has 13 nitrogen and oxygen atoms in total. The van der Waals surface area contributed by atoms with Crippen molar-refractivity contribution in [3.05, 3.63) is 85.7 Å². The second kappa shape index (κ2) is 10.7. The van der Waals surface area contributed by atoms with Crippen molar-refractivity contribution in [2.24, 2.45) is 5.16 Å². The number of halogens is 2. The molecule has 0 unspecified atom stereocenters. The molecule has 15 heteroatoms. The second-order valence-electron chi connectivity index (χ2n) is 10.6. The molecule has 1 aromatic carbocycles. The molecule has 2 bridgehead atoms. The molecule has 6 rings (SSSR count). The molecule has 0 saturated carbocycles. The zero-order valence-electron chi connectivity index (χ0n) is 23.1. The zero-order chi connectivity index (χ0) is 30.5. The summed E-state index contributed by atoms with van der Waals surface area (Å²) in [5.74, 6) is -4.21. The highest BCUT2D eigenvalue weighted by molar-refractivity contribution is 5.99. The highest BCUT2D eigenvalue weighted by atomic mass is 19.1. The standard InChI is InChI=1S/C28H26F2N4O9/c1-14-5-6-28(8-21(39-2)32-43-28)20-11-33(14)26(37)22-24(40-12-17-13-41-27(38)42-17)23(35)18(10-34(20)22)25(36)31-9-15-3-4-16(29)7-19(15)30/h3-4,7,10,13-14,20H,5-6,8-9,11-12H2,1-2H3,(H,31,36)/t14-,20+,28-/m0/s1. The van der Waals surface area contributed by atoms with Crippen LogP contribution >= 0.6 is 0 Å². The minimum Gasteiger partial charge on any atom is -0.482 e. The van der Waals surface area contributed by atoms with E-state index in [9.17, 15) is 28.0 Å². The molecule has 0 aliphatic carbocycles. The number of fused-ring (bicyclic) bond motifs is 5. The molecule has 2 amide bonds. The predicted octanol–water partition coefficient (Wildman–Crippen LogP) is 2.48. The summed E-state index contributed by atoms with van der Waals surface area (Å²) < 4.78 is 49.7. The first-order valence-electron chi connectivity index (χ1n) is 13.4. The van der Waals surface area contributed by atoms with E-state index in [4.69, 9.17) is 18.7 Å². The highest BCUT2D eigenvalue weighted by Crippen LogP contribution is 2.46. The first-order chi connectivity index (χ1) is 20.6. The number of benzene rings is 1. The van der Waals surface area contributed by atoms with E-state index in [2.05, 4.69) is 14.9 Å². The molecule has 2 aromatic heterocycles. The van der Waals surface area contributed by atoms with Crippen LogP contribution in [0.5, 0.6) is 5.75 Å². The molecule has 1 N–H and O–H groups in total. The summed E-state index contributed by atoms with van der Waals surface area (Å²) in [5, 5.41) is 6.56. The van der Waals surface area contributed by atoms with Crippen molar-refractivity contribution in [3.63, 3.8) is 0 Å². The Morgan fingerprint density at radius 3 is 2.77 bits per heavy atom. The van der Waals surface area contributed by atoms with Crippen molar-refractivity contribution in [1.82, 2.24) is 14.8 Å². The minimum absolute atomic E-state index is 0.00889. The summed E-state index contributed by atoms with van der Waals surface area (Å²) in [7, 11) is 1.47. The molecule has 0 radical (unpaired) electrons. The number of hydrogen-bond acceptors (Lipinski definition) is 10. The number of aromatic nitrogens is 1. The van der Waals surface area contributed by atoms with Crippen LogP contribution in [0.4, 0.5) is 8.78 Å². The number of nitrogens with zero attached hydrogens (tertiary/aromatic N) is 3. The average molecular weight is 601 g/mol. The number of amides is 2. The van der Waals surface area contributed by atoms with Gasteiger partial charge in [-0.3, -0.25) is 14.4 Å². The minimum atomic E-state index is -0.991. The number of oxime groups is 1. The van der Waals surface area contributed by atoms with Crippen LogP contribution in [-0.2, 0) is 22.7 Å². The number of nitrogens with one attached hydrogen (secondary N) is 1. The Hall–Kier alpha value is -4.95. The molecule has 1 fully saturated rings. The molecular weight excluding hydrogens is 574 g/mol. The molecule has 1 spiro atoms. The Morgan fingerprint density at radius 2 is 2.07 bits per heavy atom. The lowest BCUT2D eigenvalue weighted by molar-refractivity contribution is -0.0656. The average Bonchev–Trinajstić information content (AvgIpc) is 3.58. The van der Waals surface area contributed by atoms with Crippen molar-refractivity contribution in [2.75, 3.05) is 13.7 Å². The summed E-state index contributed by atoms with van der Waals surface area (Å²) in [6.45, 7) is 1.24. The van der Waals surface area contributed by atoms with E-state index in [0.29, 0.717) is 24.8 Å². The number of carbonyl (C=O) groups is 2. The van der Waals surface area contributed by atoms with Crippen LogP contribution in [-0.4, -0.2) is 52.5 Å². The molecule has 5 heterocycles. The number of methoxy groups -OCH3 is 1. The van der Waals surface area contributed by atoms with E-state index in [1.54, 1.807) is 4.90 Å². The number of carbonyl (C=O) groups excluding carboxylic acids is 2. The van der Waals surface area contributed by atoms with Gasteiger partial charge in [0.25, 0.3) is 11.8 Å². The zero-order valence-corrected chi connectivity index (χ0v) is 23.1. The van der Waals surface area contributed by atoms with Crippen LogP contribution in [0.25, 0.3) is 0 Å². The van der Waals surface area contributed by atoms with Crippen molar-refractivity contribution in [1.29, 1.82) is 0 Å². The molecule has 3 aliphatic heterocycles. The third kappa shape index (κ3) is 4.93. The Labute approximate surface area is 241 Å². The number of ether oxygens (including phenoxy) is 2. The Bertz CT molecular complexity index is 1760. The lowest BCUT2D eigenvalue weighted by atomic mass is 9.85. The normalized spacial score (nSPS) is 22.5. The summed E-state index contributed by atoms with van der Waals surface area (Å²) in [4.78, 5) is 60.0. The first-order valence-corrected chi connectivity index (χ1v) is 13.4. The summed E-state index contributed by atoms with van der Waals surface area (Å²) in [5.41, 5.74) is -2.45. The van der Waals surface area contributed by atoms with E-state index in [1.807, 2.05) is 6.92 Å². The van der Waals surface area contributed by atoms with Gasteiger partial charge in [0.1, 0.15) is 30.1 Å². The maximum atomic E-state index is 14.2. The van der Waals surface area contributed by atoms with Gasteiger partial charge in [0.15, 0.2) is 22.8 Å². The fraction of sp³-hybridized carbons (Fsp3) is 0.393. The summed E-state index contributed by atoms with van der Waals surface area (Å²) in [6.07, 6.45) is 3.56. The van der Waals surface area contributed by atoms with E-state index in [0.717, 1.165) is 12.3 Å². The molecule has 226 valence electrons. The van der Waals surface area contributed by atoms with E-state index >= 15 is 0 Å². The van der Waals surface area contributed by atoms with Crippen molar-refractivity contribution in [3.8, 4) is 5.75 Å². The van der Waals surface area contributed by atoms with Gasteiger partial charge in [-0.1, -0.05) is 11.2 Å². The predicted molar refractivity (Wildman–Crippen MR) is 141 cm³/mol.